The number of anilines is 1. The number of pyridine rings is 1. The molecule has 3 heteroatoms. The molecule has 0 saturated heterocycles. The average Bonchev–Trinajstić information content (AvgIpc) is 1.85. The van der Waals surface area contributed by atoms with E-state index in [4.69, 9.17) is 0 Å². The molecule has 0 unspecified atom stereocenters. The molecule has 0 aliphatic carbocycles. The maximum absolute atomic E-state index is 4.26. The number of aromatic nitrogens is 1. The van der Waals surface area contributed by atoms with Gasteiger partial charge in [-0.25, -0.2) is 4.98 Å². The molecule has 0 amide bonds. The lowest BCUT2D eigenvalue weighted by atomic mass is 10.3. The highest BCUT2D eigenvalue weighted by Crippen LogP contribution is 2.22. The Morgan fingerprint density at radius 2 is 2.09 bits per heavy atom. The number of hydrogen-bond donors (Lipinski definition) is 0. The molecule has 11 heavy (non-hydrogen) atoms. The molecule has 60 valence electrons. The molecule has 2 nitrogen and oxygen atoms in total. The van der Waals surface area contributed by atoms with Crippen LogP contribution in [0.5, 0.6) is 0 Å². The van der Waals surface area contributed by atoms with Crippen molar-refractivity contribution in [3.8, 4) is 0 Å². The normalized spacial score (nSPS) is 9.82. The highest BCUT2D eigenvalue weighted by atomic mass is 79.9. The quantitative estimate of drug-likeness (QED) is 0.713. The fourth-order valence-electron chi connectivity index (χ4n) is 0.855. The number of aryl methyl sites for hydroxylation is 1. The van der Waals surface area contributed by atoms with Crippen molar-refractivity contribution in [2.24, 2.45) is 0 Å². The van der Waals surface area contributed by atoms with E-state index in [1.165, 1.54) is 5.56 Å². The maximum atomic E-state index is 4.26. The second kappa shape index (κ2) is 3.22. The van der Waals surface area contributed by atoms with E-state index in [1.807, 2.05) is 32.1 Å². The zero-order chi connectivity index (χ0) is 8.43. The largest absolute Gasteiger partial charge is 0.362 e. The third-order valence-corrected chi connectivity index (χ3v) is 1.97. The Balaban J connectivity index is 3.09. The lowest BCUT2D eigenvalue weighted by Gasteiger charge is -2.12. The van der Waals surface area contributed by atoms with Gasteiger partial charge in [-0.2, -0.15) is 0 Å². The Kier molecular flexibility index (Phi) is 2.49. The van der Waals surface area contributed by atoms with E-state index in [0.29, 0.717) is 0 Å². The van der Waals surface area contributed by atoms with E-state index in [0.717, 1.165) is 10.3 Å². The number of halogens is 1. The first-order chi connectivity index (χ1) is 5.11. The molecule has 0 fully saturated rings. The fourth-order valence-corrected chi connectivity index (χ4v) is 1.67. The molecule has 1 aromatic rings. The lowest BCUT2D eigenvalue weighted by molar-refractivity contribution is 1.05. The first kappa shape index (κ1) is 8.53. The third kappa shape index (κ3) is 1.93. The van der Waals surface area contributed by atoms with Crippen LogP contribution in [0.1, 0.15) is 5.56 Å². The van der Waals surface area contributed by atoms with E-state index in [2.05, 4.69) is 27.0 Å². The minimum Gasteiger partial charge on any atom is -0.362 e. The Labute approximate surface area is 75.4 Å². The van der Waals surface area contributed by atoms with Gasteiger partial charge in [0.1, 0.15) is 5.82 Å². The fraction of sp³-hybridized carbons (Fsp3) is 0.375. The van der Waals surface area contributed by atoms with Gasteiger partial charge in [0.25, 0.3) is 0 Å². The van der Waals surface area contributed by atoms with Gasteiger partial charge in [0.2, 0.25) is 0 Å². The van der Waals surface area contributed by atoms with Crippen molar-refractivity contribution < 1.29 is 0 Å². The predicted octanol–water partition coefficient (Wildman–Crippen LogP) is 2.22. The standard InChI is InChI=1S/C8H11BrN2/c1-6-4-7(9)8(10-5-6)11(2)3/h4-5H,1-3H3. The van der Waals surface area contributed by atoms with Crippen LogP contribution < -0.4 is 4.90 Å². The Bertz CT molecular complexity index is 258. The number of hydrogen-bond acceptors (Lipinski definition) is 2. The van der Waals surface area contributed by atoms with Crippen molar-refractivity contribution in [2.75, 3.05) is 19.0 Å². The summed E-state index contributed by atoms with van der Waals surface area (Å²) in [5.41, 5.74) is 1.17. The smallest absolute Gasteiger partial charge is 0.142 e. The summed E-state index contributed by atoms with van der Waals surface area (Å²) in [6.07, 6.45) is 1.86. The van der Waals surface area contributed by atoms with Gasteiger partial charge in [0.15, 0.2) is 0 Å². The first-order valence-electron chi connectivity index (χ1n) is 3.40. The van der Waals surface area contributed by atoms with Gasteiger partial charge in [0.05, 0.1) is 4.47 Å². The molecular weight excluding hydrogens is 204 g/mol. The summed E-state index contributed by atoms with van der Waals surface area (Å²) in [7, 11) is 3.95. The molecule has 1 aromatic heterocycles. The number of rotatable bonds is 1. The molecule has 0 saturated carbocycles. The minimum atomic E-state index is 0.968. The van der Waals surface area contributed by atoms with Gasteiger partial charge >= 0.3 is 0 Å². The van der Waals surface area contributed by atoms with Crippen molar-refractivity contribution in [3.05, 3.63) is 22.3 Å². The number of nitrogens with zero attached hydrogens (tertiary/aromatic N) is 2. The monoisotopic (exact) mass is 214 g/mol. The van der Waals surface area contributed by atoms with E-state index in [-0.39, 0.29) is 0 Å². The van der Waals surface area contributed by atoms with Crippen LogP contribution in [0.25, 0.3) is 0 Å². The van der Waals surface area contributed by atoms with Crippen LogP contribution in [0.2, 0.25) is 0 Å². The molecule has 0 atom stereocenters. The van der Waals surface area contributed by atoms with Gasteiger partial charge in [-0.15, -0.1) is 0 Å². The van der Waals surface area contributed by atoms with Crippen molar-refractivity contribution in [3.63, 3.8) is 0 Å². The summed E-state index contributed by atoms with van der Waals surface area (Å²) < 4.78 is 1.04. The van der Waals surface area contributed by atoms with Crippen LogP contribution in [0.4, 0.5) is 5.82 Å². The van der Waals surface area contributed by atoms with Gasteiger partial charge in [0, 0.05) is 20.3 Å². The zero-order valence-electron chi connectivity index (χ0n) is 6.93. The van der Waals surface area contributed by atoms with Crippen molar-refractivity contribution in [2.45, 2.75) is 6.92 Å². The lowest BCUT2D eigenvalue weighted by Crippen LogP contribution is -2.11. The molecule has 0 radical (unpaired) electrons. The average molecular weight is 215 g/mol. The maximum Gasteiger partial charge on any atom is 0.142 e. The second-order valence-corrected chi connectivity index (χ2v) is 3.57. The van der Waals surface area contributed by atoms with E-state index in [1.54, 1.807) is 0 Å². The zero-order valence-corrected chi connectivity index (χ0v) is 8.51. The van der Waals surface area contributed by atoms with Crippen LogP contribution in [0.15, 0.2) is 16.7 Å². The molecule has 0 aromatic carbocycles. The Hall–Kier alpha value is -0.570. The topological polar surface area (TPSA) is 16.1 Å². The third-order valence-electron chi connectivity index (χ3n) is 1.38. The summed E-state index contributed by atoms with van der Waals surface area (Å²) in [5, 5.41) is 0. The molecule has 1 rings (SSSR count). The highest BCUT2D eigenvalue weighted by Gasteiger charge is 2.01. The summed E-state index contributed by atoms with van der Waals surface area (Å²) >= 11 is 3.44. The highest BCUT2D eigenvalue weighted by molar-refractivity contribution is 9.10. The summed E-state index contributed by atoms with van der Waals surface area (Å²) in [6, 6.07) is 2.06. The van der Waals surface area contributed by atoms with Gasteiger partial charge in [-0.05, 0) is 34.5 Å². The van der Waals surface area contributed by atoms with Crippen LogP contribution >= 0.6 is 15.9 Å². The summed E-state index contributed by atoms with van der Waals surface area (Å²) in [4.78, 5) is 6.23. The minimum absolute atomic E-state index is 0.968. The van der Waals surface area contributed by atoms with Crippen molar-refractivity contribution >= 4 is 21.7 Å². The van der Waals surface area contributed by atoms with Crippen LogP contribution in [-0.4, -0.2) is 19.1 Å². The van der Waals surface area contributed by atoms with E-state index >= 15 is 0 Å². The molecule has 0 spiro atoms. The van der Waals surface area contributed by atoms with Crippen molar-refractivity contribution in [1.82, 2.24) is 4.98 Å². The second-order valence-electron chi connectivity index (χ2n) is 2.71. The molecule has 0 N–H and O–H groups in total. The first-order valence-corrected chi connectivity index (χ1v) is 4.20. The molecule has 1 heterocycles. The molecule has 0 bridgehead atoms. The molecule has 0 aliphatic heterocycles. The predicted molar refractivity (Wildman–Crippen MR) is 51.0 cm³/mol. The van der Waals surface area contributed by atoms with Crippen LogP contribution in [0, 0.1) is 6.92 Å². The van der Waals surface area contributed by atoms with Crippen LogP contribution in [0.3, 0.4) is 0 Å². The van der Waals surface area contributed by atoms with Crippen molar-refractivity contribution in [1.29, 1.82) is 0 Å². The van der Waals surface area contributed by atoms with Gasteiger partial charge in [-0.3, -0.25) is 0 Å². The summed E-state index contributed by atoms with van der Waals surface area (Å²) in [6.45, 7) is 2.02. The molecular formula is C8H11BrN2. The molecule has 0 aliphatic rings. The van der Waals surface area contributed by atoms with Crippen LogP contribution in [-0.2, 0) is 0 Å². The summed E-state index contributed by atoms with van der Waals surface area (Å²) in [5.74, 6) is 0.968. The Morgan fingerprint density at radius 1 is 1.45 bits per heavy atom. The van der Waals surface area contributed by atoms with E-state index < -0.39 is 0 Å². The van der Waals surface area contributed by atoms with Gasteiger partial charge in [-0.1, -0.05) is 0 Å². The van der Waals surface area contributed by atoms with E-state index in [9.17, 15) is 0 Å². The Morgan fingerprint density at radius 3 is 2.55 bits per heavy atom. The van der Waals surface area contributed by atoms with Gasteiger partial charge < -0.3 is 4.90 Å². The SMILES string of the molecule is Cc1cnc(N(C)C)c(Br)c1.